The highest BCUT2D eigenvalue weighted by atomic mass is 16.5. The first kappa shape index (κ1) is 14.8. The minimum atomic E-state index is 0.612. The van der Waals surface area contributed by atoms with Crippen molar-refractivity contribution in [3.63, 3.8) is 0 Å². The highest BCUT2D eigenvalue weighted by Gasteiger charge is 2.07. The molecule has 0 aliphatic carbocycles. The van der Waals surface area contributed by atoms with Crippen LogP contribution < -0.4 is 10.5 Å². The zero-order chi connectivity index (χ0) is 13.4. The summed E-state index contributed by atoms with van der Waals surface area (Å²) in [6.07, 6.45) is 2.26. The van der Waals surface area contributed by atoms with Crippen molar-refractivity contribution in [2.24, 2.45) is 0 Å². The lowest BCUT2D eigenvalue weighted by molar-refractivity contribution is 0.198. The van der Waals surface area contributed by atoms with Gasteiger partial charge < -0.3 is 15.4 Å². The molecule has 1 rings (SSSR count). The number of anilines is 1. The predicted octanol–water partition coefficient (Wildman–Crippen LogP) is 3.16. The second-order valence-electron chi connectivity index (χ2n) is 4.90. The van der Waals surface area contributed by atoms with Gasteiger partial charge in [0, 0.05) is 18.3 Å². The van der Waals surface area contributed by atoms with E-state index in [4.69, 9.17) is 10.5 Å². The summed E-state index contributed by atoms with van der Waals surface area (Å²) < 4.78 is 5.69. The first-order valence-corrected chi connectivity index (χ1v) is 6.86. The Kier molecular flexibility index (Phi) is 6.58. The quantitative estimate of drug-likeness (QED) is 0.569. The number of ether oxygens (including phenoxy) is 1. The number of nitrogens with zero attached hydrogens (tertiary/aromatic N) is 1. The number of nitrogen functional groups attached to an aromatic ring is 1. The molecule has 0 aromatic heterocycles. The fraction of sp³-hybridized carbons (Fsp3) is 0.600. The van der Waals surface area contributed by atoms with E-state index in [-0.39, 0.29) is 0 Å². The Morgan fingerprint density at radius 3 is 2.39 bits per heavy atom. The van der Waals surface area contributed by atoms with Crippen LogP contribution in [-0.2, 0) is 0 Å². The van der Waals surface area contributed by atoms with E-state index in [2.05, 4.69) is 25.7 Å². The van der Waals surface area contributed by atoms with E-state index in [0.29, 0.717) is 6.04 Å². The Morgan fingerprint density at radius 2 is 1.83 bits per heavy atom. The average molecular weight is 250 g/mol. The van der Waals surface area contributed by atoms with E-state index in [1.54, 1.807) is 0 Å². The maximum absolute atomic E-state index is 5.69. The zero-order valence-electron chi connectivity index (χ0n) is 11.9. The summed E-state index contributed by atoms with van der Waals surface area (Å²) in [6.45, 7) is 9.74. The van der Waals surface area contributed by atoms with E-state index in [0.717, 1.165) is 31.0 Å². The van der Waals surface area contributed by atoms with E-state index < -0.39 is 0 Å². The molecule has 102 valence electrons. The SMILES string of the molecule is CCCN(CCCOc1ccc(N)cc1)C(C)C. The molecule has 0 amide bonds. The number of hydrogen-bond donors (Lipinski definition) is 1. The van der Waals surface area contributed by atoms with Crippen LogP contribution in [0.25, 0.3) is 0 Å². The van der Waals surface area contributed by atoms with Gasteiger partial charge in [-0.1, -0.05) is 6.92 Å². The number of benzene rings is 1. The van der Waals surface area contributed by atoms with E-state index in [1.807, 2.05) is 24.3 Å². The van der Waals surface area contributed by atoms with Gasteiger partial charge in [-0.25, -0.2) is 0 Å². The summed E-state index contributed by atoms with van der Waals surface area (Å²) in [5.41, 5.74) is 6.40. The minimum Gasteiger partial charge on any atom is -0.494 e. The van der Waals surface area contributed by atoms with Crippen LogP contribution in [0.1, 0.15) is 33.6 Å². The summed E-state index contributed by atoms with van der Waals surface area (Å²) in [5, 5.41) is 0. The van der Waals surface area contributed by atoms with Crippen LogP contribution >= 0.6 is 0 Å². The Morgan fingerprint density at radius 1 is 1.17 bits per heavy atom. The fourth-order valence-electron chi connectivity index (χ4n) is 1.94. The molecule has 1 aromatic rings. The standard InChI is InChI=1S/C15H26N2O/c1-4-10-17(13(2)3)11-5-12-18-15-8-6-14(16)7-9-15/h6-9,13H,4-5,10-12,16H2,1-3H3. The van der Waals surface area contributed by atoms with Crippen LogP contribution in [0, 0.1) is 0 Å². The third kappa shape index (κ3) is 5.41. The third-order valence-electron chi connectivity index (χ3n) is 2.98. The van der Waals surface area contributed by atoms with Crippen LogP contribution in [0.5, 0.6) is 5.75 Å². The molecule has 0 spiro atoms. The molecule has 0 saturated carbocycles. The van der Waals surface area contributed by atoms with E-state index in [1.165, 1.54) is 13.0 Å². The van der Waals surface area contributed by atoms with E-state index in [9.17, 15) is 0 Å². The summed E-state index contributed by atoms with van der Waals surface area (Å²) in [5.74, 6) is 0.899. The Labute approximate surface area is 111 Å². The number of hydrogen-bond acceptors (Lipinski definition) is 3. The Hall–Kier alpha value is -1.22. The van der Waals surface area contributed by atoms with Crippen molar-refractivity contribution in [3.05, 3.63) is 24.3 Å². The highest BCUT2D eigenvalue weighted by molar-refractivity contribution is 5.41. The fourth-order valence-corrected chi connectivity index (χ4v) is 1.94. The molecule has 2 N–H and O–H groups in total. The van der Waals surface area contributed by atoms with Gasteiger partial charge in [0.15, 0.2) is 0 Å². The molecule has 0 aliphatic heterocycles. The Balaban J connectivity index is 2.23. The van der Waals surface area contributed by atoms with Crippen molar-refractivity contribution >= 4 is 5.69 Å². The summed E-state index contributed by atoms with van der Waals surface area (Å²) >= 11 is 0. The predicted molar refractivity (Wildman–Crippen MR) is 78.0 cm³/mol. The summed E-state index contributed by atoms with van der Waals surface area (Å²) in [6, 6.07) is 8.18. The van der Waals surface area contributed by atoms with Crippen molar-refractivity contribution in [1.82, 2.24) is 4.90 Å². The van der Waals surface area contributed by atoms with Gasteiger partial charge in [-0.15, -0.1) is 0 Å². The molecule has 0 unspecified atom stereocenters. The monoisotopic (exact) mass is 250 g/mol. The lowest BCUT2D eigenvalue weighted by Gasteiger charge is -2.25. The second kappa shape index (κ2) is 7.98. The Bertz CT molecular complexity index is 322. The molecule has 0 heterocycles. The maximum Gasteiger partial charge on any atom is 0.119 e. The smallest absolute Gasteiger partial charge is 0.119 e. The number of rotatable bonds is 8. The van der Waals surface area contributed by atoms with Gasteiger partial charge in [0.1, 0.15) is 5.75 Å². The van der Waals surface area contributed by atoms with Crippen molar-refractivity contribution in [1.29, 1.82) is 0 Å². The van der Waals surface area contributed by atoms with Gasteiger partial charge in [0.25, 0.3) is 0 Å². The first-order valence-electron chi connectivity index (χ1n) is 6.86. The highest BCUT2D eigenvalue weighted by Crippen LogP contribution is 2.13. The molecule has 0 atom stereocenters. The van der Waals surface area contributed by atoms with Crippen molar-refractivity contribution in [3.8, 4) is 5.75 Å². The maximum atomic E-state index is 5.69. The van der Waals surface area contributed by atoms with Crippen molar-refractivity contribution < 1.29 is 4.74 Å². The largest absolute Gasteiger partial charge is 0.494 e. The van der Waals surface area contributed by atoms with Gasteiger partial charge in [-0.05, 0) is 57.5 Å². The lowest BCUT2D eigenvalue weighted by atomic mass is 10.2. The van der Waals surface area contributed by atoms with Gasteiger partial charge in [0.05, 0.1) is 6.61 Å². The lowest BCUT2D eigenvalue weighted by Crippen LogP contribution is -2.33. The average Bonchev–Trinajstić information content (AvgIpc) is 2.35. The topological polar surface area (TPSA) is 38.5 Å². The normalized spacial score (nSPS) is 11.2. The molecular weight excluding hydrogens is 224 g/mol. The molecule has 0 fully saturated rings. The molecule has 3 nitrogen and oxygen atoms in total. The zero-order valence-corrected chi connectivity index (χ0v) is 11.9. The molecule has 3 heteroatoms. The van der Waals surface area contributed by atoms with Crippen LogP contribution in [0.4, 0.5) is 5.69 Å². The van der Waals surface area contributed by atoms with Gasteiger partial charge in [-0.3, -0.25) is 0 Å². The third-order valence-corrected chi connectivity index (χ3v) is 2.98. The minimum absolute atomic E-state index is 0.612. The van der Waals surface area contributed by atoms with Crippen molar-refractivity contribution in [2.75, 3.05) is 25.4 Å². The van der Waals surface area contributed by atoms with Crippen LogP contribution in [0.2, 0.25) is 0 Å². The van der Waals surface area contributed by atoms with Gasteiger partial charge >= 0.3 is 0 Å². The number of nitrogens with two attached hydrogens (primary N) is 1. The summed E-state index contributed by atoms with van der Waals surface area (Å²) in [7, 11) is 0. The van der Waals surface area contributed by atoms with Crippen LogP contribution in [-0.4, -0.2) is 30.6 Å². The molecule has 18 heavy (non-hydrogen) atoms. The first-order chi connectivity index (χ1) is 8.63. The van der Waals surface area contributed by atoms with Crippen LogP contribution in [0.15, 0.2) is 24.3 Å². The van der Waals surface area contributed by atoms with Gasteiger partial charge in [-0.2, -0.15) is 0 Å². The molecule has 0 bridgehead atoms. The molecule has 0 aliphatic rings. The molecular formula is C15H26N2O. The van der Waals surface area contributed by atoms with E-state index >= 15 is 0 Å². The van der Waals surface area contributed by atoms with Gasteiger partial charge in [0.2, 0.25) is 0 Å². The van der Waals surface area contributed by atoms with Crippen molar-refractivity contribution in [2.45, 2.75) is 39.7 Å². The molecule has 1 aromatic carbocycles. The summed E-state index contributed by atoms with van der Waals surface area (Å²) in [4.78, 5) is 2.49. The van der Waals surface area contributed by atoms with Crippen LogP contribution in [0.3, 0.4) is 0 Å². The second-order valence-corrected chi connectivity index (χ2v) is 4.90. The molecule has 0 radical (unpaired) electrons. The molecule has 0 saturated heterocycles.